The Morgan fingerprint density at radius 3 is 2.62 bits per heavy atom. The summed E-state index contributed by atoms with van der Waals surface area (Å²) in [5.74, 6) is -0.651. The predicted octanol–water partition coefficient (Wildman–Crippen LogP) is 2.81. The van der Waals surface area contributed by atoms with Crippen molar-refractivity contribution in [1.82, 2.24) is 9.88 Å². The first-order valence-electron chi connectivity index (χ1n) is 7.61. The molecular formula is C17H19N3O4. The summed E-state index contributed by atoms with van der Waals surface area (Å²) in [6.45, 7) is 4.42. The van der Waals surface area contributed by atoms with Gasteiger partial charge in [0.15, 0.2) is 6.10 Å². The van der Waals surface area contributed by atoms with Crippen molar-refractivity contribution in [3.63, 3.8) is 0 Å². The molecule has 2 aromatic rings. The predicted molar refractivity (Wildman–Crippen MR) is 88.5 cm³/mol. The molecule has 0 spiro atoms. The van der Waals surface area contributed by atoms with E-state index in [0.29, 0.717) is 13.1 Å². The number of carbonyl (C=O) groups excluding carboxylic acids is 1. The molecule has 0 bridgehead atoms. The molecular weight excluding hydrogens is 310 g/mol. The van der Waals surface area contributed by atoms with Crippen LogP contribution in [0.1, 0.15) is 19.4 Å². The van der Waals surface area contributed by atoms with Crippen molar-refractivity contribution in [2.45, 2.75) is 26.5 Å². The number of rotatable bonds is 7. The van der Waals surface area contributed by atoms with Crippen LogP contribution < -0.4 is 4.74 Å². The molecule has 1 unspecified atom stereocenters. The number of hydrogen-bond acceptors (Lipinski definition) is 5. The molecule has 0 saturated heterocycles. The molecule has 1 heterocycles. The van der Waals surface area contributed by atoms with Gasteiger partial charge < -0.3 is 19.8 Å². The largest absolute Gasteiger partial charge is 0.473 e. The van der Waals surface area contributed by atoms with Crippen molar-refractivity contribution in [2.24, 2.45) is 0 Å². The third-order valence-corrected chi connectivity index (χ3v) is 3.48. The van der Waals surface area contributed by atoms with Crippen LogP contribution >= 0.6 is 0 Å². The lowest BCUT2D eigenvalue weighted by molar-refractivity contribution is -0.390. The number of pyridine rings is 1. The molecule has 1 aromatic heterocycles. The van der Waals surface area contributed by atoms with Crippen LogP contribution in [0.15, 0.2) is 48.7 Å². The van der Waals surface area contributed by atoms with Crippen LogP contribution in [0.4, 0.5) is 5.82 Å². The maximum atomic E-state index is 12.6. The average Bonchev–Trinajstić information content (AvgIpc) is 2.60. The van der Waals surface area contributed by atoms with Gasteiger partial charge in [-0.15, -0.1) is 0 Å². The molecule has 0 aliphatic heterocycles. The highest BCUT2D eigenvalue weighted by molar-refractivity contribution is 5.81. The Balaban J connectivity index is 2.09. The van der Waals surface area contributed by atoms with E-state index in [1.54, 1.807) is 11.8 Å². The quantitative estimate of drug-likeness (QED) is 0.576. The molecule has 1 amide bonds. The van der Waals surface area contributed by atoms with Gasteiger partial charge in [-0.2, -0.15) is 0 Å². The molecule has 0 radical (unpaired) electrons. The van der Waals surface area contributed by atoms with Gasteiger partial charge in [0.05, 0.1) is 0 Å². The fourth-order valence-electron chi connectivity index (χ4n) is 2.26. The molecule has 0 aliphatic rings. The van der Waals surface area contributed by atoms with E-state index in [9.17, 15) is 14.9 Å². The van der Waals surface area contributed by atoms with Crippen molar-refractivity contribution in [2.75, 3.05) is 6.54 Å². The fourth-order valence-corrected chi connectivity index (χ4v) is 2.26. The van der Waals surface area contributed by atoms with E-state index in [4.69, 9.17) is 4.74 Å². The number of nitro groups is 1. The zero-order valence-corrected chi connectivity index (χ0v) is 13.6. The smallest absolute Gasteiger partial charge is 0.406 e. The standard InChI is InChI=1S/C17H19N3O4/c1-3-19(12-14-8-5-4-6-9-14)17(21)13(2)24-15-10-7-11-18-16(15)20(22)23/h4-11,13H,3,12H2,1-2H3. The van der Waals surface area contributed by atoms with Gasteiger partial charge in [-0.25, -0.2) is 0 Å². The molecule has 7 nitrogen and oxygen atoms in total. The highest BCUT2D eigenvalue weighted by Gasteiger charge is 2.25. The summed E-state index contributed by atoms with van der Waals surface area (Å²) in [5, 5.41) is 11.0. The number of aromatic nitrogens is 1. The van der Waals surface area contributed by atoms with E-state index in [1.807, 2.05) is 37.3 Å². The van der Waals surface area contributed by atoms with Crippen LogP contribution in [0.25, 0.3) is 0 Å². The van der Waals surface area contributed by atoms with Crippen LogP contribution in [-0.2, 0) is 11.3 Å². The number of amides is 1. The zero-order chi connectivity index (χ0) is 17.5. The van der Waals surface area contributed by atoms with Gasteiger partial charge in [0, 0.05) is 13.1 Å². The normalized spacial score (nSPS) is 11.6. The summed E-state index contributed by atoms with van der Waals surface area (Å²) in [6.07, 6.45) is 0.460. The van der Waals surface area contributed by atoms with Crippen LogP contribution in [0.5, 0.6) is 5.75 Å². The van der Waals surface area contributed by atoms with E-state index in [0.717, 1.165) is 5.56 Å². The van der Waals surface area contributed by atoms with Crippen LogP contribution in [0.3, 0.4) is 0 Å². The Bertz CT molecular complexity index is 706. The Morgan fingerprint density at radius 1 is 1.29 bits per heavy atom. The molecule has 1 aromatic carbocycles. The Morgan fingerprint density at radius 2 is 2.00 bits per heavy atom. The third-order valence-electron chi connectivity index (χ3n) is 3.48. The molecule has 0 fully saturated rings. The van der Waals surface area contributed by atoms with Gasteiger partial charge in [-0.1, -0.05) is 30.3 Å². The SMILES string of the molecule is CCN(Cc1ccccc1)C(=O)C(C)Oc1cccnc1[N+](=O)[O-]. The van der Waals surface area contributed by atoms with Gasteiger partial charge in [-0.05, 0) is 41.5 Å². The Labute approximate surface area is 140 Å². The lowest BCUT2D eigenvalue weighted by atomic mass is 10.2. The minimum atomic E-state index is -0.850. The molecule has 1 atom stereocenters. The lowest BCUT2D eigenvalue weighted by Gasteiger charge is -2.24. The number of nitrogens with zero attached hydrogens (tertiary/aromatic N) is 3. The van der Waals surface area contributed by atoms with Gasteiger partial charge >= 0.3 is 5.82 Å². The van der Waals surface area contributed by atoms with Gasteiger partial charge in [0.1, 0.15) is 6.20 Å². The summed E-state index contributed by atoms with van der Waals surface area (Å²) in [5.41, 5.74) is 1.01. The Hall–Kier alpha value is -2.96. The summed E-state index contributed by atoms with van der Waals surface area (Å²) in [6, 6.07) is 12.6. The van der Waals surface area contributed by atoms with E-state index in [-0.39, 0.29) is 11.7 Å². The van der Waals surface area contributed by atoms with Crippen LogP contribution in [0, 0.1) is 10.1 Å². The third kappa shape index (κ3) is 4.28. The summed E-state index contributed by atoms with van der Waals surface area (Å²) in [7, 11) is 0. The first-order valence-corrected chi connectivity index (χ1v) is 7.61. The van der Waals surface area contributed by atoms with E-state index < -0.39 is 16.8 Å². The van der Waals surface area contributed by atoms with Crippen molar-refractivity contribution >= 4 is 11.7 Å². The highest BCUT2D eigenvalue weighted by Crippen LogP contribution is 2.24. The number of benzene rings is 1. The van der Waals surface area contributed by atoms with Crippen molar-refractivity contribution < 1.29 is 14.5 Å². The summed E-state index contributed by atoms with van der Waals surface area (Å²) < 4.78 is 5.49. The lowest BCUT2D eigenvalue weighted by Crippen LogP contribution is -2.40. The monoisotopic (exact) mass is 329 g/mol. The molecule has 2 rings (SSSR count). The van der Waals surface area contributed by atoms with Crippen molar-refractivity contribution in [1.29, 1.82) is 0 Å². The molecule has 126 valence electrons. The maximum Gasteiger partial charge on any atom is 0.406 e. The van der Waals surface area contributed by atoms with Crippen LogP contribution in [0.2, 0.25) is 0 Å². The van der Waals surface area contributed by atoms with Gasteiger partial charge in [-0.3, -0.25) is 4.79 Å². The maximum absolute atomic E-state index is 12.6. The average molecular weight is 329 g/mol. The number of ether oxygens (including phenoxy) is 1. The number of hydrogen-bond donors (Lipinski definition) is 0. The number of carbonyl (C=O) groups is 1. The second-order valence-electron chi connectivity index (χ2n) is 5.18. The van der Waals surface area contributed by atoms with Crippen LogP contribution in [-0.4, -0.2) is 33.4 Å². The summed E-state index contributed by atoms with van der Waals surface area (Å²) >= 11 is 0. The van der Waals surface area contributed by atoms with Gasteiger partial charge in [0.2, 0.25) is 5.75 Å². The molecule has 0 N–H and O–H groups in total. The minimum absolute atomic E-state index is 0.0147. The fraction of sp³-hybridized carbons (Fsp3) is 0.294. The Kier molecular flexibility index (Phi) is 5.83. The molecule has 7 heteroatoms. The molecule has 0 aliphatic carbocycles. The number of likely N-dealkylation sites (N-methyl/N-ethyl adjacent to an activating group) is 1. The minimum Gasteiger partial charge on any atom is -0.473 e. The summed E-state index contributed by atoms with van der Waals surface area (Å²) in [4.78, 5) is 28.2. The molecule has 0 saturated carbocycles. The first-order chi connectivity index (χ1) is 11.5. The van der Waals surface area contributed by atoms with E-state index in [2.05, 4.69) is 4.98 Å². The van der Waals surface area contributed by atoms with Crippen molar-refractivity contribution in [3.05, 3.63) is 64.3 Å². The van der Waals surface area contributed by atoms with Crippen molar-refractivity contribution in [3.8, 4) is 5.75 Å². The van der Waals surface area contributed by atoms with Gasteiger partial charge in [0.25, 0.3) is 5.91 Å². The topological polar surface area (TPSA) is 85.6 Å². The first kappa shape index (κ1) is 17.4. The zero-order valence-electron chi connectivity index (χ0n) is 13.6. The second kappa shape index (κ2) is 8.05. The van der Waals surface area contributed by atoms with E-state index in [1.165, 1.54) is 18.3 Å². The second-order valence-corrected chi connectivity index (χ2v) is 5.18. The van der Waals surface area contributed by atoms with E-state index >= 15 is 0 Å². The highest BCUT2D eigenvalue weighted by atomic mass is 16.6. The molecule has 24 heavy (non-hydrogen) atoms.